The highest BCUT2D eigenvalue weighted by atomic mass is 32.2. The van der Waals surface area contributed by atoms with Crippen molar-refractivity contribution >= 4 is 22.1 Å². The number of carbonyl (C=O) groups is 1. The summed E-state index contributed by atoms with van der Waals surface area (Å²) in [6.07, 6.45) is 1.59. The molecule has 1 saturated heterocycles. The normalized spacial score (nSPS) is 20.2. The summed E-state index contributed by atoms with van der Waals surface area (Å²) in [6.45, 7) is 0.0893. The molecule has 1 heterocycles. The SMILES string of the molecule is O=C(O)/C=C/c1ccc(S(=O)(=O)N2CCC(O)C2)c(F)c1. The summed E-state index contributed by atoms with van der Waals surface area (Å²) in [5.74, 6) is -2.14. The van der Waals surface area contributed by atoms with Crippen molar-refractivity contribution in [3.8, 4) is 0 Å². The fraction of sp³-hybridized carbons (Fsp3) is 0.308. The molecule has 0 radical (unpaired) electrons. The number of carboxylic acids is 1. The second-order valence-corrected chi connectivity index (χ2v) is 6.57. The Hall–Kier alpha value is -1.77. The van der Waals surface area contributed by atoms with Crippen LogP contribution in [0.1, 0.15) is 12.0 Å². The van der Waals surface area contributed by atoms with Crippen LogP contribution in [0.2, 0.25) is 0 Å². The molecule has 1 unspecified atom stereocenters. The van der Waals surface area contributed by atoms with Gasteiger partial charge < -0.3 is 10.2 Å². The first-order valence-electron chi connectivity index (χ1n) is 6.19. The van der Waals surface area contributed by atoms with Crippen LogP contribution in [0.15, 0.2) is 29.2 Å². The van der Waals surface area contributed by atoms with E-state index in [2.05, 4.69) is 0 Å². The lowest BCUT2D eigenvalue weighted by atomic mass is 10.2. The van der Waals surface area contributed by atoms with Crippen molar-refractivity contribution in [2.45, 2.75) is 17.4 Å². The Balaban J connectivity index is 2.30. The fourth-order valence-electron chi connectivity index (χ4n) is 2.07. The van der Waals surface area contributed by atoms with E-state index in [4.69, 9.17) is 5.11 Å². The van der Waals surface area contributed by atoms with Gasteiger partial charge in [0.15, 0.2) is 0 Å². The number of rotatable bonds is 4. The molecule has 0 bridgehead atoms. The van der Waals surface area contributed by atoms with E-state index in [0.29, 0.717) is 6.42 Å². The van der Waals surface area contributed by atoms with Crippen LogP contribution in [-0.4, -0.2) is 48.1 Å². The van der Waals surface area contributed by atoms with Crippen molar-refractivity contribution in [3.05, 3.63) is 35.7 Å². The Morgan fingerprint density at radius 1 is 1.43 bits per heavy atom. The number of aliphatic carboxylic acids is 1. The number of halogens is 1. The van der Waals surface area contributed by atoms with Gasteiger partial charge in [-0.2, -0.15) is 4.31 Å². The molecule has 2 rings (SSSR count). The molecule has 0 aliphatic carbocycles. The molecule has 1 fully saturated rings. The Bertz CT molecular complexity index is 686. The average Bonchev–Trinajstić information content (AvgIpc) is 2.83. The zero-order chi connectivity index (χ0) is 15.6. The van der Waals surface area contributed by atoms with Crippen LogP contribution >= 0.6 is 0 Å². The van der Waals surface area contributed by atoms with Crippen molar-refractivity contribution in [1.29, 1.82) is 0 Å². The van der Waals surface area contributed by atoms with Crippen LogP contribution in [0.3, 0.4) is 0 Å². The summed E-state index contributed by atoms with van der Waals surface area (Å²) in [5.41, 5.74) is 0.246. The first-order valence-corrected chi connectivity index (χ1v) is 7.63. The van der Waals surface area contributed by atoms with Crippen molar-refractivity contribution in [2.24, 2.45) is 0 Å². The molecular formula is C13H14FNO5S. The molecule has 1 aliphatic rings. The van der Waals surface area contributed by atoms with E-state index in [1.54, 1.807) is 0 Å². The van der Waals surface area contributed by atoms with Crippen LogP contribution in [-0.2, 0) is 14.8 Å². The Morgan fingerprint density at radius 3 is 2.67 bits per heavy atom. The Labute approximate surface area is 121 Å². The number of benzene rings is 1. The molecule has 8 heteroatoms. The topological polar surface area (TPSA) is 94.9 Å². The van der Waals surface area contributed by atoms with Crippen molar-refractivity contribution in [3.63, 3.8) is 0 Å². The van der Waals surface area contributed by atoms with Crippen LogP contribution in [0.5, 0.6) is 0 Å². The quantitative estimate of drug-likeness (QED) is 0.797. The molecule has 1 aromatic rings. The minimum atomic E-state index is -3.99. The van der Waals surface area contributed by atoms with Crippen molar-refractivity contribution < 1.29 is 27.8 Å². The summed E-state index contributed by atoms with van der Waals surface area (Å²) in [6, 6.07) is 3.37. The molecule has 6 nitrogen and oxygen atoms in total. The molecule has 1 aliphatic heterocycles. The standard InChI is InChI=1S/C13H14FNO5S/c14-11-7-9(2-4-13(17)18)1-3-12(11)21(19,20)15-6-5-10(16)8-15/h1-4,7,10,16H,5-6,8H2,(H,17,18)/b4-2+. The highest BCUT2D eigenvalue weighted by molar-refractivity contribution is 7.89. The number of sulfonamides is 1. The minimum absolute atomic E-state index is 0.0531. The summed E-state index contributed by atoms with van der Waals surface area (Å²) >= 11 is 0. The van der Waals surface area contributed by atoms with Crippen molar-refractivity contribution in [1.82, 2.24) is 4.31 Å². The average molecular weight is 315 g/mol. The first kappa shape index (κ1) is 15.6. The van der Waals surface area contributed by atoms with E-state index >= 15 is 0 Å². The molecule has 0 aromatic heterocycles. The van der Waals surface area contributed by atoms with Crippen LogP contribution in [0, 0.1) is 5.82 Å². The second kappa shape index (κ2) is 5.92. The summed E-state index contributed by atoms with van der Waals surface area (Å²) < 4.78 is 39.5. The van der Waals surface area contributed by atoms with Crippen LogP contribution in [0.25, 0.3) is 6.08 Å². The molecule has 21 heavy (non-hydrogen) atoms. The Kier molecular flexibility index (Phi) is 4.40. The summed E-state index contributed by atoms with van der Waals surface area (Å²) in [5, 5.41) is 17.9. The number of aliphatic hydroxyl groups is 1. The highest BCUT2D eigenvalue weighted by Crippen LogP contribution is 2.24. The van der Waals surface area contributed by atoms with E-state index in [1.807, 2.05) is 0 Å². The fourth-order valence-corrected chi connectivity index (χ4v) is 3.60. The maximum absolute atomic E-state index is 14.0. The van der Waals surface area contributed by atoms with Gasteiger partial charge in [0, 0.05) is 19.2 Å². The van der Waals surface area contributed by atoms with Crippen LogP contribution < -0.4 is 0 Å². The molecule has 114 valence electrons. The van der Waals surface area contributed by atoms with Gasteiger partial charge in [-0.1, -0.05) is 6.07 Å². The predicted octanol–water partition coefficient (Wildman–Crippen LogP) is 0.679. The molecule has 1 atom stereocenters. The summed E-state index contributed by atoms with van der Waals surface area (Å²) in [4.78, 5) is 9.90. The molecule has 0 saturated carbocycles. The third kappa shape index (κ3) is 3.46. The number of aliphatic hydroxyl groups excluding tert-OH is 1. The highest BCUT2D eigenvalue weighted by Gasteiger charge is 2.33. The maximum Gasteiger partial charge on any atom is 0.328 e. The molecule has 0 amide bonds. The predicted molar refractivity (Wildman–Crippen MR) is 72.5 cm³/mol. The number of β-amino-alcohol motifs (C(OH)–C–C–N with tert-alkyl or cyclic N) is 1. The monoisotopic (exact) mass is 315 g/mol. The van der Waals surface area contributed by atoms with E-state index in [9.17, 15) is 22.7 Å². The second-order valence-electron chi connectivity index (χ2n) is 4.67. The largest absolute Gasteiger partial charge is 0.478 e. The molecule has 2 N–H and O–H groups in total. The first-order chi connectivity index (χ1) is 9.80. The molecule has 1 aromatic carbocycles. The smallest absolute Gasteiger partial charge is 0.328 e. The minimum Gasteiger partial charge on any atom is -0.478 e. The van der Waals surface area contributed by atoms with E-state index in [1.165, 1.54) is 12.1 Å². The number of nitrogens with zero attached hydrogens (tertiary/aromatic N) is 1. The lowest BCUT2D eigenvalue weighted by Crippen LogP contribution is -2.30. The maximum atomic E-state index is 14.0. The van der Waals surface area contributed by atoms with Crippen LogP contribution in [0.4, 0.5) is 4.39 Å². The Morgan fingerprint density at radius 2 is 2.14 bits per heavy atom. The zero-order valence-corrected chi connectivity index (χ0v) is 11.8. The van der Waals surface area contributed by atoms with Gasteiger partial charge in [0.2, 0.25) is 10.0 Å². The van der Waals surface area contributed by atoms with E-state index in [0.717, 1.165) is 22.5 Å². The van der Waals surface area contributed by atoms with E-state index in [-0.39, 0.29) is 18.7 Å². The van der Waals surface area contributed by atoms with Gasteiger partial charge in [0.1, 0.15) is 10.7 Å². The van der Waals surface area contributed by atoms with Gasteiger partial charge >= 0.3 is 5.97 Å². The van der Waals surface area contributed by atoms with Gasteiger partial charge in [-0.3, -0.25) is 0 Å². The van der Waals surface area contributed by atoms with Gasteiger partial charge in [0.25, 0.3) is 0 Å². The van der Waals surface area contributed by atoms with Gasteiger partial charge in [-0.15, -0.1) is 0 Å². The number of hydrogen-bond acceptors (Lipinski definition) is 4. The number of carboxylic acid groups (broad SMARTS) is 1. The third-order valence-electron chi connectivity index (χ3n) is 3.12. The van der Waals surface area contributed by atoms with Gasteiger partial charge in [-0.25, -0.2) is 17.6 Å². The zero-order valence-electron chi connectivity index (χ0n) is 10.9. The lowest BCUT2D eigenvalue weighted by molar-refractivity contribution is -0.131. The summed E-state index contributed by atoms with van der Waals surface area (Å²) in [7, 11) is -3.99. The van der Waals surface area contributed by atoms with E-state index < -0.39 is 32.8 Å². The number of hydrogen-bond donors (Lipinski definition) is 2. The molecule has 0 spiro atoms. The van der Waals surface area contributed by atoms with Gasteiger partial charge in [-0.05, 0) is 30.2 Å². The third-order valence-corrected chi connectivity index (χ3v) is 5.02. The van der Waals surface area contributed by atoms with Gasteiger partial charge in [0.05, 0.1) is 6.10 Å². The molecular weight excluding hydrogens is 301 g/mol. The lowest BCUT2D eigenvalue weighted by Gasteiger charge is -2.16. The van der Waals surface area contributed by atoms with Crippen molar-refractivity contribution in [2.75, 3.05) is 13.1 Å².